The van der Waals surface area contributed by atoms with Crippen molar-refractivity contribution in [2.24, 2.45) is 0 Å². The first kappa shape index (κ1) is 10.0. The summed E-state index contributed by atoms with van der Waals surface area (Å²) in [5.74, 6) is 0. The predicted molar refractivity (Wildman–Crippen MR) is 63.0 cm³/mol. The van der Waals surface area contributed by atoms with Crippen molar-refractivity contribution in [2.45, 2.75) is 31.6 Å². The molecule has 0 heterocycles. The van der Waals surface area contributed by atoms with Gasteiger partial charge in [-0.1, -0.05) is 41.6 Å². The highest BCUT2D eigenvalue weighted by Crippen LogP contribution is 2.18. The Hall–Kier alpha value is -0.0500. The summed E-state index contributed by atoms with van der Waals surface area (Å²) in [4.78, 5) is 0. The molecule has 0 amide bonds. The Morgan fingerprint density at radius 2 is 1.67 bits per heavy atom. The summed E-state index contributed by atoms with van der Waals surface area (Å²) < 4.78 is 1.12. The Morgan fingerprint density at radius 3 is 2.17 bits per heavy atom. The first-order chi connectivity index (χ1) is 5.69. The molecule has 0 aliphatic carbocycles. The quantitative estimate of drug-likeness (QED) is 0.568. The van der Waals surface area contributed by atoms with Crippen molar-refractivity contribution >= 4 is 22.6 Å². The summed E-state index contributed by atoms with van der Waals surface area (Å²) in [5.41, 5.74) is 5.84. The fourth-order valence-corrected chi connectivity index (χ4v) is 2.29. The summed E-state index contributed by atoms with van der Waals surface area (Å²) in [6, 6.07) is 4.64. The van der Waals surface area contributed by atoms with Gasteiger partial charge in [-0.2, -0.15) is 0 Å². The monoisotopic (exact) mass is 274 g/mol. The highest BCUT2D eigenvalue weighted by atomic mass is 127. The first-order valence-electron chi connectivity index (χ1n) is 4.34. The lowest BCUT2D eigenvalue weighted by Crippen LogP contribution is -1.92. The standard InChI is InChI=1S/C11H15I/c1-4-10-6-11(7-12)9(3)5-8(10)2/h5-6H,4,7H2,1-3H3. The second-order valence-corrected chi connectivity index (χ2v) is 3.96. The van der Waals surface area contributed by atoms with E-state index in [4.69, 9.17) is 0 Å². The van der Waals surface area contributed by atoms with E-state index in [2.05, 4.69) is 55.5 Å². The molecule has 0 saturated carbocycles. The molecule has 0 aromatic heterocycles. The van der Waals surface area contributed by atoms with Gasteiger partial charge >= 0.3 is 0 Å². The summed E-state index contributed by atoms with van der Waals surface area (Å²) >= 11 is 2.42. The van der Waals surface area contributed by atoms with Crippen LogP contribution in [0.1, 0.15) is 29.2 Å². The molecule has 0 nitrogen and oxygen atoms in total. The van der Waals surface area contributed by atoms with Gasteiger partial charge in [-0.3, -0.25) is 0 Å². The molecule has 0 radical (unpaired) electrons. The fourth-order valence-electron chi connectivity index (χ4n) is 1.47. The molecule has 0 fully saturated rings. The van der Waals surface area contributed by atoms with Crippen molar-refractivity contribution in [1.29, 1.82) is 0 Å². The van der Waals surface area contributed by atoms with Crippen LogP contribution in [0.4, 0.5) is 0 Å². The summed E-state index contributed by atoms with van der Waals surface area (Å²) in [5, 5.41) is 0. The van der Waals surface area contributed by atoms with Crippen molar-refractivity contribution in [3.8, 4) is 0 Å². The van der Waals surface area contributed by atoms with E-state index in [-0.39, 0.29) is 0 Å². The molecule has 0 bridgehead atoms. The molecule has 0 aliphatic heterocycles. The van der Waals surface area contributed by atoms with Crippen LogP contribution >= 0.6 is 22.6 Å². The number of hydrogen-bond acceptors (Lipinski definition) is 0. The predicted octanol–water partition coefficient (Wildman–Crippen LogP) is 3.80. The molecule has 66 valence electrons. The lowest BCUT2D eigenvalue weighted by molar-refractivity contribution is 1.09. The molecule has 0 N–H and O–H groups in total. The minimum Gasteiger partial charge on any atom is -0.0812 e. The summed E-state index contributed by atoms with van der Waals surface area (Å²) in [7, 11) is 0. The first-order valence-corrected chi connectivity index (χ1v) is 5.86. The van der Waals surface area contributed by atoms with Crippen molar-refractivity contribution in [2.75, 3.05) is 0 Å². The lowest BCUT2D eigenvalue weighted by atomic mass is 9.99. The molecular formula is C11H15I. The Balaban J connectivity index is 3.18. The molecule has 1 rings (SSSR count). The van der Waals surface area contributed by atoms with Crippen LogP contribution in [0.2, 0.25) is 0 Å². The van der Waals surface area contributed by atoms with Crippen LogP contribution in [0, 0.1) is 13.8 Å². The van der Waals surface area contributed by atoms with Crippen LogP contribution in [0.3, 0.4) is 0 Å². The molecule has 0 spiro atoms. The van der Waals surface area contributed by atoms with Crippen molar-refractivity contribution in [1.82, 2.24) is 0 Å². The van der Waals surface area contributed by atoms with Gasteiger partial charge < -0.3 is 0 Å². The minimum atomic E-state index is 1.12. The molecule has 0 unspecified atom stereocenters. The van der Waals surface area contributed by atoms with Crippen LogP contribution in [-0.2, 0) is 10.8 Å². The number of rotatable bonds is 2. The maximum atomic E-state index is 2.42. The zero-order valence-electron chi connectivity index (χ0n) is 7.95. The van der Waals surface area contributed by atoms with Gasteiger partial charge in [-0.15, -0.1) is 0 Å². The molecule has 0 saturated heterocycles. The van der Waals surface area contributed by atoms with E-state index < -0.39 is 0 Å². The largest absolute Gasteiger partial charge is 0.0812 e. The van der Waals surface area contributed by atoms with Crippen LogP contribution in [0.15, 0.2) is 12.1 Å². The smallest absolute Gasteiger partial charge is 0.0249 e. The molecule has 1 aromatic carbocycles. The van der Waals surface area contributed by atoms with Gasteiger partial charge in [-0.25, -0.2) is 0 Å². The molecule has 0 atom stereocenters. The maximum absolute atomic E-state index is 2.42. The van der Waals surface area contributed by atoms with E-state index >= 15 is 0 Å². The van der Waals surface area contributed by atoms with E-state index in [0.29, 0.717) is 0 Å². The summed E-state index contributed by atoms with van der Waals surface area (Å²) in [6.45, 7) is 6.61. The molecule has 0 aliphatic rings. The zero-order valence-corrected chi connectivity index (χ0v) is 10.1. The number of hydrogen-bond donors (Lipinski definition) is 0. The van der Waals surface area contributed by atoms with E-state index in [9.17, 15) is 0 Å². The Bertz CT molecular complexity index is 251. The van der Waals surface area contributed by atoms with Gasteiger partial charge in [0.25, 0.3) is 0 Å². The van der Waals surface area contributed by atoms with Crippen LogP contribution in [0.25, 0.3) is 0 Å². The highest BCUT2D eigenvalue weighted by molar-refractivity contribution is 14.1. The van der Waals surface area contributed by atoms with Crippen molar-refractivity contribution in [3.63, 3.8) is 0 Å². The normalized spacial score (nSPS) is 10.3. The average Bonchev–Trinajstić information content (AvgIpc) is 2.05. The molecular weight excluding hydrogens is 259 g/mol. The van der Waals surface area contributed by atoms with E-state index in [0.717, 1.165) is 10.8 Å². The lowest BCUT2D eigenvalue weighted by Gasteiger charge is -2.08. The molecule has 12 heavy (non-hydrogen) atoms. The topological polar surface area (TPSA) is 0 Å². The van der Waals surface area contributed by atoms with Crippen molar-refractivity contribution < 1.29 is 0 Å². The van der Waals surface area contributed by atoms with Gasteiger partial charge in [0.1, 0.15) is 0 Å². The zero-order chi connectivity index (χ0) is 9.14. The van der Waals surface area contributed by atoms with Gasteiger partial charge in [-0.05, 0) is 42.5 Å². The minimum absolute atomic E-state index is 1.12. The Morgan fingerprint density at radius 1 is 1.08 bits per heavy atom. The number of alkyl halides is 1. The molecule has 1 aromatic rings. The number of halogens is 1. The summed E-state index contributed by atoms with van der Waals surface area (Å²) in [6.07, 6.45) is 1.15. The van der Waals surface area contributed by atoms with Gasteiger partial charge in [0.05, 0.1) is 0 Å². The van der Waals surface area contributed by atoms with Gasteiger partial charge in [0, 0.05) is 4.43 Å². The third kappa shape index (κ3) is 2.00. The fraction of sp³-hybridized carbons (Fsp3) is 0.455. The SMILES string of the molecule is CCc1cc(CI)c(C)cc1C. The van der Waals surface area contributed by atoms with Crippen LogP contribution in [-0.4, -0.2) is 0 Å². The van der Waals surface area contributed by atoms with Crippen LogP contribution in [0.5, 0.6) is 0 Å². The number of aryl methyl sites for hydroxylation is 3. The third-order valence-corrected chi connectivity index (χ3v) is 3.14. The maximum Gasteiger partial charge on any atom is 0.0249 e. The highest BCUT2D eigenvalue weighted by Gasteiger charge is 2.01. The van der Waals surface area contributed by atoms with Gasteiger partial charge in [0.2, 0.25) is 0 Å². The van der Waals surface area contributed by atoms with Crippen LogP contribution < -0.4 is 0 Å². The van der Waals surface area contributed by atoms with E-state index in [1.165, 1.54) is 22.3 Å². The second-order valence-electron chi connectivity index (χ2n) is 3.19. The van der Waals surface area contributed by atoms with E-state index in [1.54, 1.807) is 0 Å². The van der Waals surface area contributed by atoms with E-state index in [1.807, 2.05) is 0 Å². The Labute approximate surface area is 88.5 Å². The third-order valence-electron chi connectivity index (χ3n) is 2.32. The Kier molecular flexibility index (Phi) is 3.56. The average molecular weight is 274 g/mol. The number of benzene rings is 1. The van der Waals surface area contributed by atoms with Crippen molar-refractivity contribution in [3.05, 3.63) is 34.4 Å². The second kappa shape index (κ2) is 4.26. The molecule has 1 heteroatoms. The van der Waals surface area contributed by atoms with Gasteiger partial charge in [0.15, 0.2) is 0 Å².